The highest BCUT2D eigenvalue weighted by Gasteiger charge is 2.11. The molecule has 0 heterocycles. The molecule has 0 spiro atoms. The number of halogens is 1. The van der Waals surface area contributed by atoms with E-state index in [1.807, 2.05) is 24.3 Å². The molecule has 1 aromatic rings. The van der Waals surface area contributed by atoms with Gasteiger partial charge < -0.3 is 5.21 Å². The van der Waals surface area contributed by atoms with E-state index in [9.17, 15) is 0 Å². The summed E-state index contributed by atoms with van der Waals surface area (Å²) in [4.78, 5) is 0. The number of rotatable bonds is 2. The van der Waals surface area contributed by atoms with Crippen molar-refractivity contribution >= 4 is 16.8 Å². The molecule has 1 rings (SSSR count). The third kappa shape index (κ3) is 3.92. The highest BCUT2D eigenvalue weighted by molar-refractivity contribution is 6.69. The smallest absolute Gasteiger partial charge is 0.175 e. The average molecular weight is 226 g/mol. The fraction of sp³-hybridized carbons (Fsp3) is 0.417. The number of benzene rings is 1. The van der Waals surface area contributed by atoms with Crippen molar-refractivity contribution in [3.63, 3.8) is 0 Å². The first-order valence-corrected chi connectivity index (χ1v) is 5.27. The first-order chi connectivity index (χ1) is 6.92. The van der Waals surface area contributed by atoms with Crippen LogP contribution in [0.3, 0.4) is 0 Å². The molecule has 0 aliphatic carbocycles. The summed E-state index contributed by atoms with van der Waals surface area (Å²) in [5, 5.41) is 11.6. The Morgan fingerprint density at radius 1 is 1.27 bits per heavy atom. The molecule has 0 atom stereocenters. The monoisotopic (exact) mass is 225 g/mol. The lowest BCUT2D eigenvalue weighted by Gasteiger charge is -2.18. The van der Waals surface area contributed by atoms with Crippen molar-refractivity contribution < 1.29 is 5.21 Å². The van der Waals surface area contributed by atoms with E-state index in [-0.39, 0.29) is 10.6 Å². The maximum absolute atomic E-state index is 8.50. The lowest BCUT2D eigenvalue weighted by molar-refractivity contribution is 0.321. The van der Waals surface area contributed by atoms with E-state index in [1.54, 1.807) is 0 Å². The maximum atomic E-state index is 8.50. The van der Waals surface area contributed by atoms with Gasteiger partial charge in [0.05, 0.1) is 0 Å². The third-order valence-electron chi connectivity index (χ3n) is 2.01. The Bertz CT molecular complexity index is 349. The molecule has 0 unspecified atom stereocenters. The zero-order chi connectivity index (χ0) is 11.5. The van der Waals surface area contributed by atoms with E-state index >= 15 is 0 Å². The molecular formula is C12H16ClNO. The van der Waals surface area contributed by atoms with Gasteiger partial charge in [0.1, 0.15) is 0 Å². The molecule has 1 N–H and O–H groups in total. The van der Waals surface area contributed by atoms with Gasteiger partial charge in [-0.3, -0.25) is 0 Å². The molecule has 0 amide bonds. The summed E-state index contributed by atoms with van der Waals surface area (Å²) in [5.74, 6) is 0. The number of oxime groups is 1. The Kier molecular flexibility index (Phi) is 3.75. The van der Waals surface area contributed by atoms with Crippen LogP contribution in [0.5, 0.6) is 0 Å². The van der Waals surface area contributed by atoms with Crippen LogP contribution in [0.25, 0.3) is 0 Å². The fourth-order valence-corrected chi connectivity index (χ4v) is 1.56. The second-order valence-corrected chi connectivity index (χ2v) is 5.18. The van der Waals surface area contributed by atoms with Gasteiger partial charge in [-0.2, -0.15) is 0 Å². The van der Waals surface area contributed by atoms with Gasteiger partial charge in [-0.15, -0.1) is 0 Å². The molecule has 2 nitrogen and oxygen atoms in total. The molecular weight excluding hydrogens is 210 g/mol. The van der Waals surface area contributed by atoms with Crippen molar-refractivity contribution in [1.29, 1.82) is 0 Å². The highest BCUT2D eigenvalue weighted by atomic mass is 35.5. The average Bonchev–Trinajstić information content (AvgIpc) is 2.15. The standard InChI is InChI=1S/C12H16ClNO/c1-12(2,3)8-9-4-6-10(7-5-9)11(13)14-15/h4-7,15H,8H2,1-3H3/b14-11-. The topological polar surface area (TPSA) is 32.6 Å². The molecule has 0 aliphatic heterocycles. The van der Waals surface area contributed by atoms with E-state index in [0.29, 0.717) is 0 Å². The van der Waals surface area contributed by atoms with Crippen LogP contribution in [0.1, 0.15) is 31.9 Å². The van der Waals surface area contributed by atoms with Gasteiger partial charge in [0, 0.05) is 5.56 Å². The number of nitrogens with zero attached hydrogens (tertiary/aromatic N) is 1. The quantitative estimate of drug-likeness (QED) is 0.465. The van der Waals surface area contributed by atoms with E-state index in [2.05, 4.69) is 25.9 Å². The van der Waals surface area contributed by atoms with Crippen molar-refractivity contribution in [1.82, 2.24) is 0 Å². The summed E-state index contributed by atoms with van der Waals surface area (Å²) in [6.07, 6.45) is 1.02. The van der Waals surface area contributed by atoms with Gasteiger partial charge in [0.25, 0.3) is 0 Å². The molecule has 0 saturated carbocycles. The van der Waals surface area contributed by atoms with Crippen LogP contribution < -0.4 is 0 Å². The van der Waals surface area contributed by atoms with Gasteiger partial charge in [-0.1, -0.05) is 61.8 Å². The SMILES string of the molecule is CC(C)(C)Cc1ccc(/C(Cl)=N/O)cc1. The molecule has 0 saturated heterocycles. The summed E-state index contributed by atoms with van der Waals surface area (Å²) in [6, 6.07) is 7.74. The summed E-state index contributed by atoms with van der Waals surface area (Å²) >= 11 is 5.68. The van der Waals surface area contributed by atoms with Crippen molar-refractivity contribution in [3.8, 4) is 0 Å². The van der Waals surface area contributed by atoms with E-state index in [0.717, 1.165) is 12.0 Å². The van der Waals surface area contributed by atoms with Crippen molar-refractivity contribution in [3.05, 3.63) is 35.4 Å². The molecule has 0 aromatic heterocycles. The molecule has 1 aromatic carbocycles. The first kappa shape index (κ1) is 12.1. The van der Waals surface area contributed by atoms with Gasteiger partial charge in [-0.25, -0.2) is 0 Å². The van der Waals surface area contributed by atoms with Crippen LogP contribution in [-0.4, -0.2) is 10.4 Å². The Labute approximate surface area is 95.6 Å². The minimum absolute atomic E-state index is 0.123. The molecule has 0 bridgehead atoms. The van der Waals surface area contributed by atoms with Gasteiger partial charge >= 0.3 is 0 Å². The third-order valence-corrected chi connectivity index (χ3v) is 2.31. The summed E-state index contributed by atoms with van der Waals surface area (Å²) < 4.78 is 0. The first-order valence-electron chi connectivity index (χ1n) is 4.89. The summed E-state index contributed by atoms with van der Waals surface area (Å²) in [6.45, 7) is 6.59. The van der Waals surface area contributed by atoms with Gasteiger partial charge in [-0.05, 0) is 17.4 Å². The van der Waals surface area contributed by atoms with E-state index in [4.69, 9.17) is 16.8 Å². The zero-order valence-electron chi connectivity index (χ0n) is 9.29. The minimum atomic E-state index is 0.123. The van der Waals surface area contributed by atoms with Crippen LogP contribution in [0.15, 0.2) is 29.4 Å². The Balaban J connectivity index is 2.82. The molecule has 0 aliphatic rings. The van der Waals surface area contributed by atoms with Crippen LogP contribution in [-0.2, 0) is 6.42 Å². The summed E-state index contributed by atoms with van der Waals surface area (Å²) in [5.41, 5.74) is 2.27. The zero-order valence-corrected chi connectivity index (χ0v) is 10.0. The largest absolute Gasteiger partial charge is 0.410 e. The van der Waals surface area contributed by atoms with Crippen molar-refractivity contribution in [2.24, 2.45) is 10.6 Å². The second kappa shape index (κ2) is 4.67. The molecule has 0 fully saturated rings. The van der Waals surface area contributed by atoms with Crippen LogP contribution >= 0.6 is 11.6 Å². The lowest BCUT2D eigenvalue weighted by atomic mass is 9.88. The van der Waals surface area contributed by atoms with Crippen LogP contribution in [0, 0.1) is 5.41 Å². The summed E-state index contributed by atoms with van der Waals surface area (Å²) in [7, 11) is 0. The maximum Gasteiger partial charge on any atom is 0.175 e. The van der Waals surface area contributed by atoms with Crippen LogP contribution in [0.2, 0.25) is 0 Å². The van der Waals surface area contributed by atoms with E-state index < -0.39 is 0 Å². The predicted molar refractivity (Wildman–Crippen MR) is 63.8 cm³/mol. The Hall–Kier alpha value is -1.02. The number of hydrogen-bond acceptors (Lipinski definition) is 2. The minimum Gasteiger partial charge on any atom is -0.410 e. The highest BCUT2D eigenvalue weighted by Crippen LogP contribution is 2.20. The Morgan fingerprint density at radius 3 is 2.20 bits per heavy atom. The molecule has 0 radical (unpaired) electrons. The second-order valence-electron chi connectivity index (χ2n) is 4.83. The van der Waals surface area contributed by atoms with E-state index in [1.165, 1.54) is 5.56 Å². The normalized spacial score (nSPS) is 12.9. The van der Waals surface area contributed by atoms with Gasteiger partial charge in [0.15, 0.2) is 5.17 Å². The lowest BCUT2D eigenvalue weighted by Crippen LogP contribution is -2.09. The molecule has 82 valence electrons. The van der Waals surface area contributed by atoms with Crippen LogP contribution in [0.4, 0.5) is 0 Å². The Morgan fingerprint density at radius 2 is 1.80 bits per heavy atom. The molecule has 15 heavy (non-hydrogen) atoms. The van der Waals surface area contributed by atoms with Gasteiger partial charge in [0.2, 0.25) is 0 Å². The van der Waals surface area contributed by atoms with Crippen molar-refractivity contribution in [2.45, 2.75) is 27.2 Å². The molecule has 3 heteroatoms. The number of hydrogen-bond donors (Lipinski definition) is 1. The fourth-order valence-electron chi connectivity index (χ4n) is 1.43. The predicted octanol–water partition coefficient (Wildman–Crippen LogP) is 3.65. The van der Waals surface area contributed by atoms with Crippen molar-refractivity contribution in [2.75, 3.05) is 0 Å².